The standard InChI is InChI=1S/C15H17FN2O2/c1-19-14-4-2-3-12(5-6-17)15(14)20-10-11-7-13(16)9-18-8-11/h2-4,7-9H,5-6,10,17H2,1H3. The van der Waals surface area contributed by atoms with Crippen molar-refractivity contribution in [3.05, 3.63) is 53.6 Å². The van der Waals surface area contributed by atoms with E-state index in [4.69, 9.17) is 15.2 Å². The van der Waals surface area contributed by atoms with Gasteiger partial charge in [0.1, 0.15) is 12.4 Å². The highest BCUT2D eigenvalue weighted by atomic mass is 19.1. The summed E-state index contributed by atoms with van der Waals surface area (Å²) in [5.74, 6) is 0.901. The van der Waals surface area contributed by atoms with Crippen LogP contribution in [0.25, 0.3) is 0 Å². The number of halogens is 1. The Hall–Kier alpha value is -2.14. The van der Waals surface area contributed by atoms with Crippen molar-refractivity contribution in [1.29, 1.82) is 0 Å². The van der Waals surface area contributed by atoms with Gasteiger partial charge >= 0.3 is 0 Å². The molecule has 0 unspecified atom stereocenters. The topological polar surface area (TPSA) is 57.4 Å². The van der Waals surface area contributed by atoms with Crippen molar-refractivity contribution in [2.75, 3.05) is 13.7 Å². The molecule has 1 aromatic heterocycles. The summed E-state index contributed by atoms with van der Waals surface area (Å²) < 4.78 is 24.1. The van der Waals surface area contributed by atoms with Gasteiger partial charge in [0.15, 0.2) is 11.5 Å². The Morgan fingerprint density at radius 2 is 2.15 bits per heavy atom. The van der Waals surface area contributed by atoms with Crippen LogP contribution in [0.4, 0.5) is 4.39 Å². The second-order valence-electron chi connectivity index (χ2n) is 4.29. The van der Waals surface area contributed by atoms with Crippen molar-refractivity contribution < 1.29 is 13.9 Å². The van der Waals surface area contributed by atoms with Gasteiger partial charge in [0, 0.05) is 11.8 Å². The molecule has 0 spiro atoms. The number of nitrogens with two attached hydrogens (primary N) is 1. The van der Waals surface area contributed by atoms with E-state index in [9.17, 15) is 4.39 Å². The van der Waals surface area contributed by atoms with Crippen molar-refractivity contribution in [3.8, 4) is 11.5 Å². The number of pyridine rings is 1. The summed E-state index contributed by atoms with van der Waals surface area (Å²) in [6, 6.07) is 7.04. The molecule has 20 heavy (non-hydrogen) atoms. The van der Waals surface area contributed by atoms with Gasteiger partial charge in [0.2, 0.25) is 0 Å². The summed E-state index contributed by atoms with van der Waals surface area (Å²) in [5.41, 5.74) is 7.22. The molecule has 2 N–H and O–H groups in total. The zero-order chi connectivity index (χ0) is 14.4. The fraction of sp³-hybridized carbons (Fsp3) is 0.267. The molecule has 0 atom stereocenters. The first-order valence-corrected chi connectivity index (χ1v) is 6.32. The number of methoxy groups -OCH3 is 1. The maximum Gasteiger partial charge on any atom is 0.164 e. The van der Waals surface area contributed by atoms with E-state index in [2.05, 4.69) is 4.98 Å². The zero-order valence-electron chi connectivity index (χ0n) is 11.3. The molecular weight excluding hydrogens is 259 g/mol. The third-order valence-electron chi connectivity index (χ3n) is 2.84. The fourth-order valence-electron chi connectivity index (χ4n) is 1.93. The first-order valence-electron chi connectivity index (χ1n) is 6.32. The normalized spacial score (nSPS) is 10.3. The minimum Gasteiger partial charge on any atom is -0.493 e. The molecule has 0 amide bonds. The van der Waals surface area contributed by atoms with Gasteiger partial charge in [-0.3, -0.25) is 4.98 Å². The lowest BCUT2D eigenvalue weighted by Gasteiger charge is -2.14. The van der Waals surface area contributed by atoms with Crippen molar-refractivity contribution in [2.24, 2.45) is 5.73 Å². The molecule has 5 heteroatoms. The maximum absolute atomic E-state index is 13.1. The molecule has 0 fully saturated rings. The number of aromatic nitrogens is 1. The number of hydrogen-bond acceptors (Lipinski definition) is 4. The van der Waals surface area contributed by atoms with Crippen molar-refractivity contribution in [1.82, 2.24) is 4.98 Å². The number of para-hydroxylation sites is 1. The van der Waals surface area contributed by atoms with Gasteiger partial charge in [-0.1, -0.05) is 12.1 Å². The number of ether oxygens (including phenoxy) is 2. The van der Waals surface area contributed by atoms with Gasteiger partial charge in [-0.15, -0.1) is 0 Å². The Labute approximate surface area is 117 Å². The lowest BCUT2D eigenvalue weighted by Crippen LogP contribution is -2.06. The van der Waals surface area contributed by atoms with Crippen LogP contribution in [0.15, 0.2) is 36.7 Å². The molecule has 0 saturated carbocycles. The van der Waals surface area contributed by atoms with Crippen LogP contribution in [-0.2, 0) is 13.0 Å². The molecule has 0 radical (unpaired) electrons. The second-order valence-corrected chi connectivity index (χ2v) is 4.29. The molecule has 2 rings (SSSR count). The van der Waals surface area contributed by atoms with Gasteiger partial charge < -0.3 is 15.2 Å². The Morgan fingerprint density at radius 3 is 2.85 bits per heavy atom. The largest absolute Gasteiger partial charge is 0.493 e. The van der Waals surface area contributed by atoms with Gasteiger partial charge in [-0.2, -0.15) is 0 Å². The highest BCUT2D eigenvalue weighted by Gasteiger charge is 2.10. The minimum atomic E-state index is -0.381. The van der Waals surface area contributed by atoms with E-state index in [1.54, 1.807) is 13.3 Å². The molecule has 1 aromatic carbocycles. The molecular formula is C15H17FN2O2. The zero-order valence-corrected chi connectivity index (χ0v) is 11.3. The molecule has 2 aromatic rings. The molecule has 1 heterocycles. The van der Waals surface area contributed by atoms with E-state index in [-0.39, 0.29) is 12.4 Å². The van der Waals surface area contributed by atoms with Crippen molar-refractivity contribution in [3.63, 3.8) is 0 Å². The quantitative estimate of drug-likeness (QED) is 0.879. The van der Waals surface area contributed by atoms with Gasteiger partial charge in [-0.05, 0) is 30.7 Å². The van der Waals surface area contributed by atoms with Crippen LogP contribution in [-0.4, -0.2) is 18.6 Å². The van der Waals surface area contributed by atoms with Crippen LogP contribution < -0.4 is 15.2 Å². The van der Waals surface area contributed by atoms with E-state index >= 15 is 0 Å². The highest BCUT2D eigenvalue weighted by Crippen LogP contribution is 2.32. The third kappa shape index (κ3) is 3.45. The van der Waals surface area contributed by atoms with Gasteiger partial charge in [0.05, 0.1) is 13.3 Å². The molecule has 0 aliphatic carbocycles. The smallest absolute Gasteiger partial charge is 0.164 e. The van der Waals surface area contributed by atoms with Gasteiger partial charge in [-0.25, -0.2) is 4.39 Å². The summed E-state index contributed by atoms with van der Waals surface area (Å²) in [5, 5.41) is 0. The van der Waals surface area contributed by atoms with Crippen LogP contribution in [0.5, 0.6) is 11.5 Å². The molecule has 0 aliphatic heterocycles. The van der Waals surface area contributed by atoms with Crippen LogP contribution in [0.3, 0.4) is 0 Å². The van der Waals surface area contributed by atoms with E-state index in [1.165, 1.54) is 6.07 Å². The minimum absolute atomic E-state index is 0.225. The van der Waals surface area contributed by atoms with E-state index in [0.29, 0.717) is 30.0 Å². The van der Waals surface area contributed by atoms with Crippen LogP contribution in [0.1, 0.15) is 11.1 Å². The summed E-state index contributed by atoms with van der Waals surface area (Å²) in [4.78, 5) is 3.79. The average Bonchev–Trinajstić information content (AvgIpc) is 2.46. The molecule has 0 aliphatic rings. The predicted molar refractivity (Wildman–Crippen MR) is 74.3 cm³/mol. The molecule has 4 nitrogen and oxygen atoms in total. The SMILES string of the molecule is COc1cccc(CCN)c1OCc1cncc(F)c1. The van der Waals surface area contributed by atoms with E-state index in [0.717, 1.165) is 11.8 Å². The van der Waals surface area contributed by atoms with Crippen molar-refractivity contribution >= 4 is 0 Å². The Bertz CT molecular complexity index is 576. The summed E-state index contributed by atoms with van der Waals surface area (Å²) in [6.45, 7) is 0.744. The fourth-order valence-corrected chi connectivity index (χ4v) is 1.93. The highest BCUT2D eigenvalue weighted by molar-refractivity contribution is 5.46. The van der Waals surface area contributed by atoms with Crippen molar-refractivity contribution in [2.45, 2.75) is 13.0 Å². The molecule has 0 bridgehead atoms. The average molecular weight is 276 g/mol. The van der Waals surface area contributed by atoms with Gasteiger partial charge in [0.25, 0.3) is 0 Å². The summed E-state index contributed by atoms with van der Waals surface area (Å²) in [7, 11) is 1.58. The summed E-state index contributed by atoms with van der Waals surface area (Å²) in [6.07, 6.45) is 3.42. The second kappa shape index (κ2) is 6.86. The van der Waals surface area contributed by atoms with E-state index in [1.807, 2.05) is 18.2 Å². The third-order valence-corrected chi connectivity index (χ3v) is 2.84. The number of hydrogen-bond donors (Lipinski definition) is 1. The monoisotopic (exact) mass is 276 g/mol. The first-order chi connectivity index (χ1) is 9.74. The molecule has 106 valence electrons. The lowest BCUT2D eigenvalue weighted by atomic mass is 10.1. The number of rotatable bonds is 6. The maximum atomic E-state index is 13.1. The van der Waals surface area contributed by atoms with Crippen LogP contribution in [0, 0.1) is 5.82 Å². The van der Waals surface area contributed by atoms with E-state index < -0.39 is 0 Å². The summed E-state index contributed by atoms with van der Waals surface area (Å²) >= 11 is 0. The Morgan fingerprint density at radius 1 is 1.30 bits per heavy atom. The Kier molecular flexibility index (Phi) is 4.90. The molecule has 0 saturated heterocycles. The Balaban J connectivity index is 2.19. The predicted octanol–water partition coefficient (Wildman–Crippen LogP) is 2.31. The van der Waals surface area contributed by atoms with Crippen LogP contribution >= 0.6 is 0 Å². The number of nitrogens with zero attached hydrogens (tertiary/aromatic N) is 1. The van der Waals surface area contributed by atoms with Crippen LogP contribution in [0.2, 0.25) is 0 Å². The number of benzene rings is 1. The first kappa shape index (κ1) is 14.3. The lowest BCUT2D eigenvalue weighted by molar-refractivity contribution is 0.280.